The Labute approximate surface area is 186 Å². The van der Waals surface area contributed by atoms with Gasteiger partial charge in [0.25, 0.3) is 0 Å². The molecular weight excluding hydrogens is 418 g/mol. The fourth-order valence-corrected chi connectivity index (χ4v) is 2.80. The molecule has 0 fully saturated rings. The lowest BCUT2D eigenvalue weighted by Gasteiger charge is -2.26. The Balaban J connectivity index is 2.88. The highest BCUT2D eigenvalue weighted by atomic mass is 16.4. The molecule has 0 aliphatic heterocycles. The summed E-state index contributed by atoms with van der Waals surface area (Å²) < 4.78 is 0. The third-order valence-corrected chi connectivity index (χ3v) is 4.65. The molecule has 176 valence electrons. The van der Waals surface area contributed by atoms with Crippen molar-refractivity contribution in [2.45, 2.75) is 57.8 Å². The van der Waals surface area contributed by atoms with E-state index in [4.69, 9.17) is 16.6 Å². The van der Waals surface area contributed by atoms with Crippen molar-refractivity contribution in [2.75, 3.05) is 0 Å². The summed E-state index contributed by atoms with van der Waals surface area (Å²) in [6, 6.07) is 4.40. The fraction of sp³-hybridized carbons (Fsp3) is 0.476. The van der Waals surface area contributed by atoms with E-state index in [1.165, 1.54) is 6.92 Å². The summed E-state index contributed by atoms with van der Waals surface area (Å²) in [4.78, 5) is 60.1. The molecule has 0 aliphatic carbocycles. The van der Waals surface area contributed by atoms with Gasteiger partial charge in [0.15, 0.2) is 0 Å². The number of carbonyl (C=O) groups excluding carboxylic acids is 4. The van der Waals surface area contributed by atoms with Gasteiger partial charge >= 0.3 is 5.97 Å². The summed E-state index contributed by atoms with van der Waals surface area (Å²) in [5.74, 6) is -4.69. The average Bonchev–Trinajstić information content (AvgIpc) is 2.71. The van der Waals surface area contributed by atoms with Crippen molar-refractivity contribution >= 4 is 29.6 Å². The molecule has 0 spiro atoms. The van der Waals surface area contributed by atoms with E-state index >= 15 is 0 Å². The highest BCUT2D eigenvalue weighted by Gasteiger charge is 2.31. The second kappa shape index (κ2) is 12.4. The average molecular weight is 450 g/mol. The molecular formula is C21H31N5O6. The number of primary amides is 1. The molecule has 1 aromatic carbocycles. The first-order valence-electron chi connectivity index (χ1n) is 10.1. The van der Waals surface area contributed by atoms with E-state index < -0.39 is 66.1 Å². The SMILES string of the molecule is CC(NC(=O)C(NC(=O)C(CC(N)=O)NC(=O)C(N)Cc1ccccc1)C(C)C)C(=O)O. The number of aliphatic carboxylic acids is 1. The second-order valence-electron chi connectivity index (χ2n) is 7.83. The Morgan fingerprint density at radius 3 is 2.00 bits per heavy atom. The van der Waals surface area contributed by atoms with Crippen molar-refractivity contribution < 1.29 is 29.1 Å². The lowest BCUT2D eigenvalue weighted by Crippen LogP contribution is -2.58. The van der Waals surface area contributed by atoms with Crippen LogP contribution in [-0.2, 0) is 30.4 Å². The Morgan fingerprint density at radius 2 is 1.50 bits per heavy atom. The molecule has 32 heavy (non-hydrogen) atoms. The van der Waals surface area contributed by atoms with E-state index in [0.29, 0.717) is 0 Å². The number of nitrogens with one attached hydrogen (secondary N) is 3. The van der Waals surface area contributed by atoms with Crippen LogP contribution in [0.15, 0.2) is 30.3 Å². The number of hydrogen-bond acceptors (Lipinski definition) is 6. The zero-order chi connectivity index (χ0) is 24.4. The summed E-state index contributed by atoms with van der Waals surface area (Å²) in [5.41, 5.74) is 12.0. The highest BCUT2D eigenvalue weighted by Crippen LogP contribution is 2.06. The fourth-order valence-electron chi connectivity index (χ4n) is 2.80. The minimum absolute atomic E-state index is 0.210. The van der Waals surface area contributed by atoms with Crippen LogP contribution in [0.25, 0.3) is 0 Å². The van der Waals surface area contributed by atoms with Gasteiger partial charge in [-0.2, -0.15) is 0 Å². The summed E-state index contributed by atoms with van der Waals surface area (Å²) >= 11 is 0. The summed E-state index contributed by atoms with van der Waals surface area (Å²) in [6.45, 7) is 4.57. The van der Waals surface area contributed by atoms with Gasteiger partial charge in [0.1, 0.15) is 18.1 Å². The van der Waals surface area contributed by atoms with Crippen LogP contribution in [0.5, 0.6) is 0 Å². The van der Waals surface area contributed by atoms with Gasteiger partial charge in [-0.1, -0.05) is 44.2 Å². The molecule has 4 atom stereocenters. The highest BCUT2D eigenvalue weighted by molar-refractivity contribution is 5.96. The van der Waals surface area contributed by atoms with Gasteiger partial charge < -0.3 is 32.5 Å². The maximum Gasteiger partial charge on any atom is 0.325 e. The largest absolute Gasteiger partial charge is 0.480 e. The zero-order valence-electron chi connectivity index (χ0n) is 18.3. The van der Waals surface area contributed by atoms with Crippen LogP contribution in [0, 0.1) is 5.92 Å². The van der Waals surface area contributed by atoms with Crippen molar-refractivity contribution in [3.05, 3.63) is 35.9 Å². The van der Waals surface area contributed by atoms with Gasteiger partial charge in [0, 0.05) is 0 Å². The molecule has 0 radical (unpaired) electrons. The topological polar surface area (TPSA) is 194 Å². The molecule has 0 saturated carbocycles. The van der Waals surface area contributed by atoms with Crippen molar-refractivity contribution in [3.63, 3.8) is 0 Å². The number of hydrogen-bond donors (Lipinski definition) is 6. The monoisotopic (exact) mass is 449 g/mol. The van der Waals surface area contributed by atoms with Crippen molar-refractivity contribution in [1.82, 2.24) is 16.0 Å². The molecule has 0 aliphatic rings. The van der Waals surface area contributed by atoms with E-state index in [2.05, 4.69) is 16.0 Å². The minimum Gasteiger partial charge on any atom is -0.480 e. The number of benzene rings is 1. The number of carboxylic acids is 1. The van der Waals surface area contributed by atoms with Crippen LogP contribution in [0.3, 0.4) is 0 Å². The second-order valence-corrected chi connectivity index (χ2v) is 7.83. The molecule has 11 nitrogen and oxygen atoms in total. The molecule has 0 saturated heterocycles. The molecule has 8 N–H and O–H groups in total. The third-order valence-electron chi connectivity index (χ3n) is 4.65. The van der Waals surface area contributed by atoms with Gasteiger partial charge in [-0.05, 0) is 24.8 Å². The number of amides is 4. The summed E-state index contributed by atoms with van der Waals surface area (Å²) in [6.07, 6.45) is -0.296. The molecule has 0 aromatic heterocycles. The number of rotatable bonds is 12. The van der Waals surface area contributed by atoms with Gasteiger partial charge in [0.05, 0.1) is 12.5 Å². The van der Waals surface area contributed by atoms with Crippen LogP contribution >= 0.6 is 0 Å². The normalized spacial score (nSPS) is 14.5. The number of nitrogens with two attached hydrogens (primary N) is 2. The Morgan fingerprint density at radius 1 is 0.906 bits per heavy atom. The predicted octanol–water partition coefficient (Wildman–Crippen LogP) is -1.35. The van der Waals surface area contributed by atoms with Crippen LogP contribution in [-0.4, -0.2) is 58.9 Å². The third kappa shape index (κ3) is 8.72. The molecule has 0 heterocycles. The maximum atomic E-state index is 12.8. The maximum absolute atomic E-state index is 12.8. The van der Waals surface area contributed by atoms with Gasteiger partial charge in [-0.15, -0.1) is 0 Å². The predicted molar refractivity (Wildman–Crippen MR) is 116 cm³/mol. The Hall–Kier alpha value is -3.47. The van der Waals surface area contributed by atoms with Crippen LogP contribution < -0.4 is 27.4 Å². The van der Waals surface area contributed by atoms with Gasteiger partial charge in [0.2, 0.25) is 23.6 Å². The molecule has 4 unspecified atom stereocenters. The molecule has 1 aromatic rings. The summed E-state index contributed by atoms with van der Waals surface area (Å²) in [5, 5.41) is 16.1. The first kappa shape index (κ1) is 26.6. The molecule has 4 amide bonds. The van der Waals surface area contributed by atoms with Crippen LogP contribution in [0.4, 0.5) is 0 Å². The smallest absolute Gasteiger partial charge is 0.325 e. The number of carboxylic acid groups (broad SMARTS) is 1. The zero-order valence-corrected chi connectivity index (χ0v) is 18.3. The molecule has 0 bridgehead atoms. The van der Waals surface area contributed by atoms with Gasteiger partial charge in [-0.25, -0.2) is 0 Å². The lowest BCUT2D eigenvalue weighted by molar-refractivity contribution is -0.142. The minimum atomic E-state index is -1.35. The first-order chi connectivity index (χ1) is 14.9. The van der Waals surface area contributed by atoms with E-state index in [1.807, 2.05) is 6.07 Å². The Bertz CT molecular complexity index is 829. The van der Waals surface area contributed by atoms with E-state index in [1.54, 1.807) is 38.1 Å². The van der Waals surface area contributed by atoms with Crippen LogP contribution in [0.2, 0.25) is 0 Å². The standard InChI is InChI=1S/C21H31N5O6/c1-11(2)17(20(30)24-12(3)21(31)32)26-19(29)15(10-16(23)27)25-18(28)14(22)9-13-7-5-4-6-8-13/h4-8,11-12,14-15,17H,9-10,22H2,1-3H3,(H2,23,27)(H,24,30)(H,25,28)(H,26,29)(H,31,32). The van der Waals surface area contributed by atoms with E-state index in [-0.39, 0.29) is 6.42 Å². The van der Waals surface area contributed by atoms with E-state index in [0.717, 1.165) is 5.56 Å². The molecule has 1 rings (SSSR count). The van der Waals surface area contributed by atoms with Crippen molar-refractivity contribution in [1.29, 1.82) is 0 Å². The Kier molecular flexibility index (Phi) is 10.3. The molecule has 11 heteroatoms. The first-order valence-corrected chi connectivity index (χ1v) is 10.1. The number of carbonyl (C=O) groups is 5. The van der Waals surface area contributed by atoms with Gasteiger partial charge in [-0.3, -0.25) is 24.0 Å². The summed E-state index contributed by atoms with van der Waals surface area (Å²) in [7, 11) is 0. The van der Waals surface area contributed by atoms with Crippen LogP contribution in [0.1, 0.15) is 32.8 Å². The van der Waals surface area contributed by atoms with E-state index in [9.17, 15) is 24.0 Å². The quantitative estimate of drug-likeness (QED) is 0.227. The van der Waals surface area contributed by atoms with Crippen molar-refractivity contribution in [3.8, 4) is 0 Å². The van der Waals surface area contributed by atoms with Crippen molar-refractivity contribution in [2.24, 2.45) is 17.4 Å². The lowest BCUT2D eigenvalue weighted by atomic mass is 10.0.